The first-order valence-electron chi connectivity index (χ1n) is 9.23. The van der Waals surface area contributed by atoms with Crippen LogP contribution in [-0.4, -0.2) is 51.2 Å². The Morgan fingerprint density at radius 1 is 1.07 bits per heavy atom. The minimum Gasteiger partial charge on any atom is -0.370 e. The summed E-state index contributed by atoms with van der Waals surface area (Å²) in [6.07, 6.45) is -0.521. The van der Waals surface area contributed by atoms with Gasteiger partial charge in [0.15, 0.2) is 6.10 Å². The third kappa shape index (κ3) is 4.37. The number of ether oxygens (including phenoxy) is 1. The van der Waals surface area contributed by atoms with Crippen molar-refractivity contribution in [1.82, 2.24) is 4.90 Å². The fourth-order valence-electron chi connectivity index (χ4n) is 3.29. The van der Waals surface area contributed by atoms with Gasteiger partial charge in [-0.15, -0.1) is 11.8 Å². The molecule has 144 valence electrons. The quantitative estimate of drug-likeness (QED) is 0.778. The number of fused-ring (bicyclic) bond motifs is 1. The number of thioether (sulfide) groups is 1. The maximum atomic E-state index is 13.5. The molecule has 1 heterocycles. The number of benzene rings is 2. The van der Waals surface area contributed by atoms with Crippen LogP contribution in [0.2, 0.25) is 0 Å². The Labute approximate surface area is 166 Å². The fraction of sp³-hybridized carbons (Fsp3) is 0.409. The summed E-state index contributed by atoms with van der Waals surface area (Å²) < 4.78 is 5.75. The fourth-order valence-corrected chi connectivity index (χ4v) is 4.76. The van der Waals surface area contributed by atoms with Crippen LogP contribution in [0.15, 0.2) is 47.4 Å². The molecule has 5 heteroatoms. The van der Waals surface area contributed by atoms with Crippen molar-refractivity contribution in [3.05, 3.63) is 59.2 Å². The summed E-state index contributed by atoms with van der Waals surface area (Å²) in [5.41, 5.74) is 4.50. The summed E-state index contributed by atoms with van der Waals surface area (Å²) in [6, 6.07) is 14.7. The second kappa shape index (κ2) is 8.46. The van der Waals surface area contributed by atoms with Crippen LogP contribution in [-0.2, 0) is 9.53 Å². The molecule has 0 aromatic heterocycles. The largest absolute Gasteiger partial charge is 0.370 e. The van der Waals surface area contributed by atoms with Gasteiger partial charge in [-0.3, -0.25) is 4.79 Å². The molecule has 0 unspecified atom stereocenters. The lowest BCUT2D eigenvalue weighted by Crippen LogP contribution is -2.44. The van der Waals surface area contributed by atoms with Crippen LogP contribution in [0.1, 0.15) is 21.9 Å². The van der Waals surface area contributed by atoms with Gasteiger partial charge in [0.2, 0.25) is 0 Å². The van der Waals surface area contributed by atoms with E-state index >= 15 is 0 Å². The van der Waals surface area contributed by atoms with E-state index in [4.69, 9.17) is 4.74 Å². The van der Waals surface area contributed by atoms with Gasteiger partial charge in [0, 0.05) is 25.1 Å². The van der Waals surface area contributed by atoms with Gasteiger partial charge < -0.3 is 14.5 Å². The van der Waals surface area contributed by atoms with Gasteiger partial charge in [0.1, 0.15) is 0 Å². The van der Waals surface area contributed by atoms with E-state index in [2.05, 4.69) is 61.2 Å². The topological polar surface area (TPSA) is 32.8 Å². The Morgan fingerprint density at radius 2 is 1.74 bits per heavy atom. The lowest BCUT2D eigenvalue weighted by molar-refractivity contribution is -0.128. The molecule has 1 aliphatic heterocycles. The molecule has 0 aliphatic carbocycles. The zero-order valence-electron chi connectivity index (χ0n) is 16.7. The predicted molar refractivity (Wildman–Crippen MR) is 113 cm³/mol. The summed E-state index contributed by atoms with van der Waals surface area (Å²) >= 11 is 1.72. The lowest BCUT2D eigenvalue weighted by atomic mass is 10.0. The van der Waals surface area contributed by atoms with E-state index in [-0.39, 0.29) is 11.2 Å². The van der Waals surface area contributed by atoms with E-state index in [1.54, 1.807) is 18.9 Å². The number of carbonyl (C=O) groups is 1. The number of hydrogen-bond acceptors (Lipinski definition) is 4. The minimum absolute atomic E-state index is 0.0278. The van der Waals surface area contributed by atoms with E-state index in [1.807, 2.05) is 19.0 Å². The van der Waals surface area contributed by atoms with Crippen molar-refractivity contribution in [1.29, 1.82) is 0 Å². The maximum Gasteiger partial charge on any atom is 0.257 e. The molecule has 2 aromatic rings. The summed E-state index contributed by atoms with van der Waals surface area (Å²) in [7, 11) is 5.68. The summed E-state index contributed by atoms with van der Waals surface area (Å²) in [5.74, 6) is 0.0278. The second-order valence-electron chi connectivity index (χ2n) is 7.37. The van der Waals surface area contributed by atoms with E-state index < -0.39 is 6.10 Å². The van der Waals surface area contributed by atoms with Gasteiger partial charge in [0.25, 0.3) is 5.91 Å². The molecule has 1 amide bonds. The van der Waals surface area contributed by atoms with Crippen LogP contribution < -0.4 is 4.90 Å². The molecule has 0 N–H and O–H groups in total. The number of likely N-dealkylation sites (N-methyl/N-ethyl adjacent to an activating group) is 1. The van der Waals surface area contributed by atoms with Gasteiger partial charge in [0.05, 0.1) is 10.9 Å². The van der Waals surface area contributed by atoms with Crippen molar-refractivity contribution in [2.45, 2.75) is 30.1 Å². The first-order chi connectivity index (χ1) is 12.9. The van der Waals surface area contributed by atoms with E-state index in [0.29, 0.717) is 6.54 Å². The van der Waals surface area contributed by atoms with Crippen molar-refractivity contribution in [3.63, 3.8) is 0 Å². The van der Waals surface area contributed by atoms with E-state index in [0.717, 1.165) is 22.7 Å². The Bertz CT molecular complexity index is 804. The zero-order valence-corrected chi connectivity index (χ0v) is 17.5. The smallest absolute Gasteiger partial charge is 0.257 e. The summed E-state index contributed by atoms with van der Waals surface area (Å²) in [5, 5.41) is -0.0759. The Balaban J connectivity index is 2.06. The molecule has 2 aromatic carbocycles. The molecule has 27 heavy (non-hydrogen) atoms. The summed E-state index contributed by atoms with van der Waals surface area (Å²) in [6.45, 7) is 5.61. The zero-order chi connectivity index (χ0) is 19.6. The predicted octanol–water partition coefficient (Wildman–Crippen LogP) is 4.06. The van der Waals surface area contributed by atoms with Gasteiger partial charge in [-0.05, 0) is 51.2 Å². The number of hydrogen-bond donors (Lipinski definition) is 0. The van der Waals surface area contributed by atoms with Crippen LogP contribution in [0.4, 0.5) is 5.69 Å². The van der Waals surface area contributed by atoms with E-state index in [9.17, 15) is 4.79 Å². The Kier molecular flexibility index (Phi) is 6.25. The minimum atomic E-state index is -0.521. The highest BCUT2D eigenvalue weighted by Crippen LogP contribution is 2.46. The van der Waals surface area contributed by atoms with Crippen LogP contribution in [0.5, 0.6) is 0 Å². The molecule has 2 atom stereocenters. The second-order valence-corrected chi connectivity index (χ2v) is 8.55. The van der Waals surface area contributed by atoms with Crippen LogP contribution in [0, 0.1) is 13.8 Å². The maximum absolute atomic E-state index is 13.5. The van der Waals surface area contributed by atoms with Gasteiger partial charge >= 0.3 is 0 Å². The van der Waals surface area contributed by atoms with Crippen LogP contribution >= 0.6 is 11.8 Å². The third-order valence-corrected chi connectivity index (χ3v) is 6.23. The number of nitrogens with zero attached hydrogens (tertiary/aromatic N) is 2. The highest BCUT2D eigenvalue weighted by Gasteiger charge is 2.38. The molecule has 0 spiro atoms. The monoisotopic (exact) mass is 384 g/mol. The SMILES string of the molecule is CO[C@@H]1C(=O)N(CCN(C)C)c2ccc(C)cc2S[C@@H]1c1ccc(C)cc1. The molecule has 4 nitrogen and oxygen atoms in total. The molecular formula is C22H28N2O2S. The molecule has 0 fully saturated rings. The Hall–Kier alpha value is -1.82. The molecular weight excluding hydrogens is 356 g/mol. The molecule has 0 saturated carbocycles. The van der Waals surface area contributed by atoms with Crippen LogP contribution in [0.3, 0.4) is 0 Å². The van der Waals surface area contributed by atoms with Gasteiger partial charge in [-0.25, -0.2) is 0 Å². The van der Waals surface area contributed by atoms with Crippen LogP contribution in [0.25, 0.3) is 0 Å². The summed E-state index contributed by atoms with van der Waals surface area (Å²) in [4.78, 5) is 18.6. The molecule has 0 saturated heterocycles. The number of methoxy groups -OCH3 is 1. The number of anilines is 1. The molecule has 0 radical (unpaired) electrons. The number of aryl methyl sites for hydroxylation is 2. The molecule has 3 rings (SSSR count). The van der Waals surface area contributed by atoms with Crippen molar-refractivity contribution >= 4 is 23.4 Å². The number of rotatable bonds is 5. The highest BCUT2D eigenvalue weighted by atomic mass is 32.2. The van der Waals surface area contributed by atoms with Crippen molar-refractivity contribution in [2.75, 3.05) is 39.2 Å². The van der Waals surface area contributed by atoms with Crippen molar-refractivity contribution < 1.29 is 9.53 Å². The lowest BCUT2D eigenvalue weighted by Gasteiger charge is -2.28. The Morgan fingerprint density at radius 3 is 2.37 bits per heavy atom. The van der Waals surface area contributed by atoms with Crippen molar-refractivity contribution in [2.24, 2.45) is 0 Å². The number of amides is 1. The van der Waals surface area contributed by atoms with Crippen molar-refractivity contribution in [3.8, 4) is 0 Å². The standard InChI is InChI=1S/C22H28N2O2S/c1-15-6-9-17(10-7-15)21-20(26-5)22(25)24(13-12-23(3)4)18-11-8-16(2)14-19(18)27-21/h6-11,14,20-21H,12-13H2,1-5H3/t20-,21+/m0/s1. The first kappa shape index (κ1) is 19.9. The normalized spacial score (nSPS) is 19.9. The molecule has 0 bridgehead atoms. The molecule has 1 aliphatic rings. The van der Waals surface area contributed by atoms with Gasteiger partial charge in [-0.2, -0.15) is 0 Å². The van der Waals surface area contributed by atoms with Gasteiger partial charge in [-0.1, -0.05) is 35.9 Å². The average molecular weight is 385 g/mol. The number of carbonyl (C=O) groups excluding carboxylic acids is 1. The first-order valence-corrected chi connectivity index (χ1v) is 10.1. The average Bonchev–Trinajstić information content (AvgIpc) is 2.74. The van der Waals surface area contributed by atoms with E-state index in [1.165, 1.54) is 11.1 Å². The highest BCUT2D eigenvalue weighted by molar-refractivity contribution is 7.99. The third-order valence-electron chi connectivity index (χ3n) is 4.88.